The summed E-state index contributed by atoms with van der Waals surface area (Å²) in [7, 11) is 0. The van der Waals surface area contributed by atoms with Crippen molar-refractivity contribution >= 4 is 11.6 Å². The standard InChI is InChI=1S/C19H18F3N3O2/c20-19(21,22)14-3-1-12(2-4-14)17(26)24-15-5-6-16-13-7-11(8-23-9-13)10-25(16)18(15)27/h1-6,11,13,23H,7-10H2,(H,24,26). The third-order valence-corrected chi connectivity index (χ3v) is 5.23. The number of hydrogen-bond acceptors (Lipinski definition) is 3. The molecule has 2 unspecified atom stereocenters. The second-order valence-corrected chi connectivity index (χ2v) is 7.07. The number of piperidine rings is 1. The van der Waals surface area contributed by atoms with E-state index in [1.807, 2.05) is 6.07 Å². The van der Waals surface area contributed by atoms with Gasteiger partial charge in [-0.2, -0.15) is 13.2 Å². The van der Waals surface area contributed by atoms with Crippen molar-refractivity contribution in [3.8, 4) is 0 Å². The van der Waals surface area contributed by atoms with Gasteiger partial charge in [0.25, 0.3) is 11.5 Å². The first-order valence-corrected chi connectivity index (χ1v) is 8.76. The van der Waals surface area contributed by atoms with Gasteiger partial charge in [0, 0.05) is 30.3 Å². The lowest BCUT2D eigenvalue weighted by molar-refractivity contribution is -0.137. The van der Waals surface area contributed by atoms with E-state index in [0.717, 1.165) is 49.5 Å². The minimum atomic E-state index is -4.46. The van der Waals surface area contributed by atoms with Crippen LogP contribution in [0.2, 0.25) is 0 Å². The molecule has 0 saturated carbocycles. The maximum atomic E-state index is 12.8. The molecule has 27 heavy (non-hydrogen) atoms. The molecule has 4 rings (SSSR count). The van der Waals surface area contributed by atoms with Crippen molar-refractivity contribution in [2.45, 2.75) is 25.1 Å². The molecule has 1 amide bonds. The number of alkyl halides is 3. The Hall–Kier alpha value is -2.61. The van der Waals surface area contributed by atoms with Gasteiger partial charge in [-0.25, -0.2) is 0 Å². The van der Waals surface area contributed by atoms with Gasteiger partial charge in [-0.3, -0.25) is 9.59 Å². The summed E-state index contributed by atoms with van der Waals surface area (Å²) in [4.78, 5) is 25.1. The molecule has 2 aliphatic rings. The number of amides is 1. The quantitative estimate of drug-likeness (QED) is 0.846. The van der Waals surface area contributed by atoms with E-state index < -0.39 is 17.6 Å². The summed E-state index contributed by atoms with van der Waals surface area (Å²) in [6.07, 6.45) is -3.41. The largest absolute Gasteiger partial charge is 0.416 e. The van der Waals surface area contributed by atoms with Gasteiger partial charge in [0.15, 0.2) is 0 Å². The lowest BCUT2D eigenvalue weighted by Gasteiger charge is -2.37. The van der Waals surface area contributed by atoms with Crippen molar-refractivity contribution in [2.24, 2.45) is 5.92 Å². The first-order chi connectivity index (χ1) is 12.8. The lowest BCUT2D eigenvalue weighted by Crippen LogP contribution is -2.45. The molecular weight excluding hydrogens is 359 g/mol. The molecule has 5 nitrogen and oxygen atoms in total. The zero-order valence-corrected chi connectivity index (χ0v) is 14.3. The van der Waals surface area contributed by atoms with Gasteiger partial charge in [-0.1, -0.05) is 0 Å². The van der Waals surface area contributed by atoms with Crippen LogP contribution in [0.5, 0.6) is 0 Å². The molecule has 0 radical (unpaired) electrons. The average molecular weight is 377 g/mol. The van der Waals surface area contributed by atoms with Crippen molar-refractivity contribution in [3.05, 3.63) is 63.6 Å². The fourth-order valence-corrected chi connectivity index (χ4v) is 3.89. The molecule has 1 aromatic heterocycles. The van der Waals surface area contributed by atoms with Gasteiger partial charge < -0.3 is 15.2 Å². The highest BCUT2D eigenvalue weighted by Gasteiger charge is 2.32. The highest BCUT2D eigenvalue weighted by Crippen LogP contribution is 2.32. The van der Waals surface area contributed by atoms with E-state index in [-0.39, 0.29) is 22.7 Å². The molecule has 2 bridgehead atoms. The Morgan fingerprint density at radius 3 is 2.56 bits per heavy atom. The predicted octanol–water partition coefficient (Wildman–Crippen LogP) is 2.83. The minimum absolute atomic E-state index is 0.0613. The number of carbonyl (C=O) groups is 1. The number of aromatic nitrogens is 1. The summed E-state index contributed by atoms with van der Waals surface area (Å²) in [6, 6.07) is 7.32. The Morgan fingerprint density at radius 2 is 1.85 bits per heavy atom. The van der Waals surface area contributed by atoms with Crippen LogP contribution in [0, 0.1) is 5.92 Å². The van der Waals surface area contributed by atoms with Crippen molar-refractivity contribution in [2.75, 3.05) is 18.4 Å². The molecule has 0 spiro atoms. The van der Waals surface area contributed by atoms with Crippen LogP contribution in [0.3, 0.4) is 0 Å². The van der Waals surface area contributed by atoms with Crippen LogP contribution in [0.1, 0.15) is 34.0 Å². The van der Waals surface area contributed by atoms with Crippen LogP contribution in [-0.4, -0.2) is 23.6 Å². The molecule has 2 N–H and O–H groups in total. The number of anilines is 1. The third kappa shape index (κ3) is 3.37. The zero-order valence-electron chi connectivity index (χ0n) is 14.3. The highest BCUT2D eigenvalue weighted by atomic mass is 19.4. The summed E-state index contributed by atoms with van der Waals surface area (Å²) in [5, 5.41) is 5.90. The van der Waals surface area contributed by atoms with Crippen LogP contribution in [0.4, 0.5) is 18.9 Å². The lowest BCUT2D eigenvalue weighted by atomic mass is 9.84. The second-order valence-electron chi connectivity index (χ2n) is 7.07. The third-order valence-electron chi connectivity index (χ3n) is 5.23. The molecule has 2 atom stereocenters. The number of nitrogens with zero attached hydrogens (tertiary/aromatic N) is 1. The first-order valence-electron chi connectivity index (χ1n) is 8.76. The van der Waals surface area contributed by atoms with Crippen LogP contribution in [0.15, 0.2) is 41.2 Å². The minimum Gasteiger partial charge on any atom is -0.317 e. The molecule has 2 aliphatic heterocycles. The first kappa shape index (κ1) is 17.8. The molecule has 1 saturated heterocycles. The fourth-order valence-electron chi connectivity index (χ4n) is 3.89. The van der Waals surface area contributed by atoms with Gasteiger partial charge in [0.05, 0.1) is 5.56 Å². The summed E-state index contributed by atoms with van der Waals surface area (Å²) in [5.74, 6) is 0.0544. The van der Waals surface area contributed by atoms with E-state index in [2.05, 4.69) is 10.6 Å². The zero-order chi connectivity index (χ0) is 19.2. The van der Waals surface area contributed by atoms with E-state index in [9.17, 15) is 22.8 Å². The number of hydrogen-bond donors (Lipinski definition) is 2. The Morgan fingerprint density at radius 1 is 1.11 bits per heavy atom. The van der Waals surface area contributed by atoms with Crippen LogP contribution < -0.4 is 16.2 Å². The second kappa shape index (κ2) is 6.53. The van der Waals surface area contributed by atoms with E-state index in [0.29, 0.717) is 12.5 Å². The van der Waals surface area contributed by atoms with E-state index in [1.165, 1.54) is 0 Å². The molecule has 0 aliphatic carbocycles. The number of rotatable bonds is 2. The Kier molecular flexibility index (Phi) is 4.30. The van der Waals surface area contributed by atoms with E-state index in [1.54, 1.807) is 10.6 Å². The Balaban J connectivity index is 1.57. The fraction of sp³-hybridized carbons (Fsp3) is 0.368. The Bertz CT molecular complexity index is 935. The summed E-state index contributed by atoms with van der Waals surface area (Å²) in [5.41, 5.74) is 0.0520. The van der Waals surface area contributed by atoms with Crippen LogP contribution in [0.25, 0.3) is 0 Å². The molecule has 1 aromatic carbocycles. The summed E-state index contributed by atoms with van der Waals surface area (Å²) >= 11 is 0. The normalized spacial score (nSPS) is 21.4. The molecule has 3 heterocycles. The number of carbonyl (C=O) groups excluding carboxylic acids is 1. The maximum absolute atomic E-state index is 12.8. The number of fused-ring (bicyclic) bond motifs is 4. The van der Waals surface area contributed by atoms with Gasteiger partial charge in [-0.15, -0.1) is 0 Å². The van der Waals surface area contributed by atoms with Gasteiger partial charge in [0.2, 0.25) is 0 Å². The van der Waals surface area contributed by atoms with Gasteiger partial charge >= 0.3 is 6.18 Å². The number of pyridine rings is 1. The van der Waals surface area contributed by atoms with Crippen molar-refractivity contribution in [1.82, 2.24) is 9.88 Å². The average Bonchev–Trinajstić information content (AvgIpc) is 2.64. The van der Waals surface area contributed by atoms with Crippen LogP contribution >= 0.6 is 0 Å². The van der Waals surface area contributed by atoms with Crippen molar-refractivity contribution in [1.29, 1.82) is 0 Å². The number of halogens is 3. The monoisotopic (exact) mass is 377 g/mol. The molecule has 2 aromatic rings. The van der Waals surface area contributed by atoms with Gasteiger partial charge in [-0.05, 0) is 55.3 Å². The smallest absolute Gasteiger partial charge is 0.317 e. The van der Waals surface area contributed by atoms with E-state index in [4.69, 9.17) is 0 Å². The van der Waals surface area contributed by atoms with Crippen LogP contribution in [-0.2, 0) is 12.7 Å². The summed E-state index contributed by atoms with van der Waals surface area (Å²) in [6.45, 7) is 2.29. The SMILES string of the molecule is O=C(Nc1ccc2n(c1=O)CC1CNCC2C1)c1ccc(C(F)(F)F)cc1. The summed E-state index contributed by atoms with van der Waals surface area (Å²) < 4.78 is 39.6. The molecule has 1 fully saturated rings. The number of benzene rings is 1. The number of nitrogens with one attached hydrogen (secondary N) is 2. The molecule has 142 valence electrons. The van der Waals surface area contributed by atoms with E-state index >= 15 is 0 Å². The predicted molar refractivity (Wildman–Crippen MR) is 93.8 cm³/mol. The van der Waals surface area contributed by atoms with Crippen molar-refractivity contribution < 1.29 is 18.0 Å². The highest BCUT2D eigenvalue weighted by molar-refractivity contribution is 6.04. The maximum Gasteiger partial charge on any atom is 0.416 e. The van der Waals surface area contributed by atoms with Gasteiger partial charge in [0.1, 0.15) is 5.69 Å². The van der Waals surface area contributed by atoms with Crippen molar-refractivity contribution in [3.63, 3.8) is 0 Å². The Labute approximate surface area is 153 Å². The topological polar surface area (TPSA) is 63.1 Å². The molecule has 8 heteroatoms. The molecular formula is C19H18F3N3O2.